The average molecular weight is 341 g/mol. The third kappa shape index (κ3) is 7.63. The summed E-state index contributed by atoms with van der Waals surface area (Å²) in [7, 11) is 1.50. The van der Waals surface area contributed by atoms with Crippen LogP contribution in [0, 0.1) is 10.1 Å². The van der Waals surface area contributed by atoms with Gasteiger partial charge in [-0.25, -0.2) is 0 Å². The Bertz CT molecular complexity index is 538. The zero-order chi connectivity index (χ0) is 17.8. The van der Waals surface area contributed by atoms with E-state index in [0.717, 1.165) is 19.3 Å². The Morgan fingerprint density at radius 3 is 2.75 bits per heavy atom. The number of rotatable bonds is 12. The van der Waals surface area contributed by atoms with Gasteiger partial charge in [0, 0.05) is 12.5 Å². The minimum Gasteiger partial charge on any atom is -0.495 e. The zero-order valence-corrected chi connectivity index (χ0v) is 13.7. The highest BCUT2D eigenvalue weighted by Gasteiger charge is 2.09. The molecule has 0 aliphatic carbocycles. The summed E-state index contributed by atoms with van der Waals surface area (Å²) >= 11 is 0. The summed E-state index contributed by atoms with van der Waals surface area (Å²) in [5.41, 5.74) is 5.89. The molecule has 9 nitrogen and oxygen atoms in total. The van der Waals surface area contributed by atoms with Crippen LogP contribution in [0.15, 0.2) is 18.2 Å². The van der Waals surface area contributed by atoms with Gasteiger partial charge in [-0.3, -0.25) is 4.79 Å². The van der Waals surface area contributed by atoms with Crippen LogP contribution >= 0.6 is 0 Å². The molecule has 0 radical (unpaired) electrons. The monoisotopic (exact) mass is 341 g/mol. The van der Waals surface area contributed by atoms with E-state index < -0.39 is 5.09 Å². The second-order valence-corrected chi connectivity index (χ2v) is 4.91. The van der Waals surface area contributed by atoms with Gasteiger partial charge < -0.3 is 25.4 Å². The van der Waals surface area contributed by atoms with Gasteiger partial charge in [-0.15, -0.1) is 10.1 Å². The Morgan fingerprint density at radius 2 is 2.08 bits per heavy atom. The van der Waals surface area contributed by atoms with Crippen molar-refractivity contribution in [1.29, 1.82) is 0 Å². The number of nitrogens with zero attached hydrogens (tertiary/aromatic N) is 1. The van der Waals surface area contributed by atoms with E-state index in [0.29, 0.717) is 30.2 Å². The third-order valence-corrected chi connectivity index (χ3v) is 3.10. The fraction of sp³-hybridized carbons (Fsp3) is 0.533. The zero-order valence-electron chi connectivity index (χ0n) is 13.7. The molecule has 0 bridgehead atoms. The number of ether oxygens (including phenoxy) is 2. The third-order valence-electron chi connectivity index (χ3n) is 3.10. The first kappa shape index (κ1) is 19.5. The molecule has 0 fully saturated rings. The Kier molecular flexibility index (Phi) is 8.98. The predicted molar refractivity (Wildman–Crippen MR) is 87.6 cm³/mol. The molecule has 0 heterocycles. The van der Waals surface area contributed by atoms with Crippen LogP contribution in [-0.4, -0.2) is 37.9 Å². The second-order valence-electron chi connectivity index (χ2n) is 4.91. The van der Waals surface area contributed by atoms with Crippen LogP contribution in [0.25, 0.3) is 0 Å². The van der Waals surface area contributed by atoms with E-state index in [1.165, 1.54) is 7.11 Å². The van der Waals surface area contributed by atoms with Gasteiger partial charge >= 0.3 is 0 Å². The fourth-order valence-electron chi connectivity index (χ4n) is 1.97. The number of methoxy groups -OCH3 is 1. The largest absolute Gasteiger partial charge is 0.495 e. The molecule has 1 amide bonds. The van der Waals surface area contributed by atoms with Crippen LogP contribution in [0.5, 0.6) is 11.5 Å². The van der Waals surface area contributed by atoms with Crippen LogP contribution in [0.1, 0.15) is 25.7 Å². The van der Waals surface area contributed by atoms with E-state index in [1.807, 2.05) is 0 Å². The molecule has 0 aliphatic rings. The summed E-state index contributed by atoms with van der Waals surface area (Å²) in [6.07, 6.45) is 2.96. The van der Waals surface area contributed by atoms with Crippen molar-refractivity contribution >= 4 is 11.6 Å². The molecule has 134 valence electrons. The number of anilines is 1. The molecule has 0 spiro atoms. The van der Waals surface area contributed by atoms with Gasteiger partial charge in [0.1, 0.15) is 24.7 Å². The highest BCUT2D eigenvalue weighted by Crippen LogP contribution is 2.29. The quantitative estimate of drug-likeness (QED) is 0.337. The number of hydrogen-bond acceptors (Lipinski definition) is 7. The molecule has 1 aromatic rings. The number of benzene rings is 1. The van der Waals surface area contributed by atoms with E-state index in [1.54, 1.807) is 18.2 Å². The van der Waals surface area contributed by atoms with Gasteiger partial charge in [0.15, 0.2) is 0 Å². The molecule has 0 aromatic heterocycles. The smallest absolute Gasteiger partial charge is 0.294 e. The minimum absolute atomic E-state index is 0.0137. The molecular formula is C15H23N3O6. The average Bonchev–Trinajstić information content (AvgIpc) is 2.56. The lowest BCUT2D eigenvalue weighted by Gasteiger charge is -2.13. The first-order valence-electron chi connectivity index (χ1n) is 7.65. The van der Waals surface area contributed by atoms with Gasteiger partial charge in [0.2, 0.25) is 5.91 Å². The molecule has 0 atom stereocenters. The first-order valence-corrected chi connectivity index (χ1v) is 7.65. The van der Waals surface area contributed by atoms with E-state index in [-0.39, 0.29) is 19.1 Å². The molecule has 24 heavy (non-hydrogen) atoms. The van der Waals surface area contributed by atoms with Crippen molar-refractivity contribution in [1.82, 2.24) is 0 Å². The molecule has 3 N–H and O–H groups in total. The maximum absolute atomic E-state index is 12.0. The number of carbonyl (C=O) groups excluding carboxylic acids is 1. The molecule has 0 saturated heterocycles. The Labute approximate surface area is 140 Å². The summed E-state index contributed by atoms with van der Waals surface area (Å²) in [5, 5.41) is 11.9. The Hall–Kier alpha value is -2.55. The van der Waals surface area contributed by atoms with Crippen molar-refractivity contribution in [2.75, 3.05) is 32.2 Å². The molecular weight excluding hydrogens is 318 g/mol. The van der Waals surface area contributed by atoms with Crippen LogP contribution in [-0.2, 0) is 9.63 Å². The van der Waals surface area contributed by atoms with Crippen LogP contribution in [0.2, 0.25) is 0 Å². The van der Waals surface area contributed by atoms with E-state index in [4.69, 9.17) is 15.2 Å². The molecule has 0 unspecified atom stereocenters. The lowest BCUT2D eigenvalue weighted by molar-refractivity contribution is -0.757. The van der Waals surface area contributed by atoms with Crippen molar-refractivity contribution in [3.8, 4) is 11.5 Å². The second kappa shape index (κ2) is 11.1. The first-order chi connectivity index (χ1) is 11.6. The van der Waals surface area contributed by atoms with Crippen LogP contribution in [0.3, 0.4) is 0 Å². The number of carbonyl (C=O) groups is 1. The summed E-state index contributed by atoms with van der Waals surface area (Å²) in [6, 6.07) is 4.89. The molecule has 1 aromatic carbocycles. The van der Waals surface area contributed by atoms with Crippen molar-refractivity contribution in [2.24, 2.45) is 5.73 Å². The highest BCUT2D eigenvalue weighted by molar-refractivity contribution is 5.92. The molecule has 9 heteroatoms. The van der Waals surface area contributed by atoms with E-state index >= 15 is 0 Å². The fourth-order valence-corrected chi connectivity index (χ4v) is 1.97. The van der Waals surface area contributed by atoms with Gasteiger partial charge in [0.25, 0.3) is 5.09 Å². The van der Waals surface area contributed by atoms with E-state index in [2.05, 4.69) is 10.2 Å². The Morgan fingerprint density at radius 1 is 1.29 bits per heavy atom. The highest BCUT2D eigenvalue weighted by atomic mass is 17.0. The number of hydrogen-bond donors (Lipinski definition) is 2. The standard InChI is InChI=1S/C15H23N3O6/c1-22-14-7-6-12(23-9-10-24-18(20)21)11-13(14)17-15(19)5-3-2-4-8-16/h6-7,11H,2-5,8-10,16H2,1H3,(H,17,19). The summed E-state index contributed by atoms with van der Waals surface area (Å²) in [4.78, 5) is 26.2. The van der Waals surface area contributed by atoms with Crippen molar-refractivity contribution in [3.05, 3.63) is 28.3 Å². The minimum atomic E-state index is -0.881. The molecule has 1 rings (SSSR count). The van der Waals surface area contributed by atoms with Crippen LogP contribution in [0.4, 0.5) is 5.69 Å². The summed E-state index contributed by atoms with van der Waals surface area (Å²) in [5.74, 6) is 0.819. The molecule has 0 saturated carbocycles. The van der Waals surface area contributed by atoms with Gasteiger partial charge in [-0.05, 0) is 31.5 Å². The van der Waals surface area contributed by atoms with E-state index in [9.17, 15) is 14.9 Å². The number of unbranched alkanes of at least 4 members (excludes halogenated alkanes) is 2. The maximum atomic E-state index is 12.0. The maximum Gasteiger partial charge on any atom is 0.294 e. The van der Waals surface area contributed by atoms with Crippen molar-refractivity contribution in [2.45, 2.75) is 25.7 Å². The SMILES string of the molecule is COc1ccc(OCCO[N+](=O)[O-])cc1NC(=O)CCCCCN. The normalized spacial score (nSPS) is 10.1. The number of nitrogens with two attached hydrogens (primary N) is 1. The lowest BCUT2D eigenvalue weighted by atomic mass is 10.2. The number of nitrogens with one attached hydrogen (secondary N) is 1. The van der Waals surface area contributed by atoms with Crippen LogP contribution < -0.4 is 20.5 Å². The number of amides is 1. The molecule has 0 aliphatic heterocycles. The van der Waals surface area contributed by atoms with Gasteiger partial charge in [0.05, 0.1) is 12.8 Å². The lowest BCUT2D eigenvalue weighted by Crippen LogP contribution is -2.13. The topological polar surface area (TPSA) is 126 Å². The van der Waals surface area contributed by atoms with Crippen molar-refractivity contribution in [3.63, 3.8) is 0 Å². The van der Waals surface area contributed by atoms with Gasteiger partial charge in [-0.2, -0.15) is 0 Å². The predicted octanol–water partition coefficient (Wildman–Crippen LogP) is 1.74. The summed E-state index contributed by atoms with van der Waals surface area (Å²) in [6.45, 7) is 0.455. The van der Waals surface area contributed by atoms with Crippen molar-refractivity contribution < 1.29 is 24.2 Å². The Balaban J connectivity index is 2.55. The summed E-state index contributed by atoms with van der Waals surface area (Å²) < 4.78 is 10.5. The van der Waals surface area contributed by atoms with Gasteiger partial charge in [-0.1, -0.05) is 6.42 Å².